The van der Waals surface area contributed by atoms with E-state index in [1.54, 1.807) is 6.07 Å². The summed E-state index contributed by atoms with van der Waals surface area (Å²) in [7, 11) is -1.83. The molecule has 0 bridgehead atoms. The Morgan fingerprint density at radius 3 is 2.23 bits per heavy atom. The highest BCUT2D eigenvalue weighted by atomic mass is 19.1. The van der Waals surface area contributed by atoms with Gasteiger partial charge in [-0.3, -0.25) is 0 Å². The van der Waals surface area contributed by atoms with Crippen molar-refractivity contribution in [2.75, 3.05) is 13.2 Å². The van der Waals surface area contributed by atoms with E-state index in [0.717, 1.165) is 5.56 Å². The van der Waals surface area contributed by atoms with E-state index in [2.05, 4.69) is 0 Å². The first-order chi connectivity index (χ1) is 10.6. The lowest BCUT2D eigenvalue weighted by molar-refractivity contribution is -0.191. The van der Waals surface area contributed by atoms with E-state index in [1.807, 2.05) is 30.3 Å². The topological polar surface area (TPSA) is 58.9 Å². The van der Waals surface area contributed by atoms with Gasteiger partial charge in [-0.05, 0) is 11.6 Å². The van der Waals surface area contributed by atoms with E-state index >= 15 is 0 Å². The van der Waals surface area contributed by atoms with Crippen LogP contribution in [0.4, 0.5) is 4.39 Å². The van der Waals surface area contributed by atoms with Crippen LogP contribution in [0.25, 0.3) is 0 Å². The van der Waals surface area contributed by atoms with E-state index in [9.17, 15) is 4.39 Å². The molecular formula is C16H16BFO4. The first-order valence-corrected chi connectivity index (χ1v) is 7.09. The Morgan fingerprint density at radius 2 is 1.64 bits per heavy atom. The zero-order chi connectivity index (χ0) is 15.5. The summed E-state index contributed by atoms with van der Waals surface area (Å²) in [4.78, 5) is 0. The molecule has 1 fully saturated rings. The maximum Gasteiger partial charge on any atom is 0.491 e. The summed E-state index contributed by atoms with van der Waals surface area (Å²) in [6.45, 7) is 0.974. The van der Waals surface area contributed by atoms with E-state index < -0.39 is 19.2 Å². The van der Waals surface area contributed by atoms with Gasteiger partial charge in [0, 0.05) is 16.9 Å². The maximum absolute atomic E-state index is 13.8. The molecule has 1 aliphatic heterocycles. The Morgan fingerprint density at radius 1 is 0.955 bits per heavy atom. The first-order valence-electron chi connectivity index (χ1n) is 7.09. The number of halogens is 1. The molecule has 2 N–H and O–H groups in total. The number of benzene rings is 2. The number of ether oxygens (including phenoxy) is 2. The van der Waals surface area contributed by atoms with E-state index in [0.29, 0.717) is 18.8 Å². The zero-order valence-electron chi connectivity index (χ0n) is 11.9. The molecule has 1 heterocycles. The monoisotopic (exact) mass is 302 g/mol. The Bertz CT molecular complexity index is 627. The Hall–Kier alpha value is -1.73. The highest BCUT2D eigenvalue weighted by Gasteiger charge is 2.26. The zero-order valence-corrected chi connectivity index (χ0v) is 11.9. The fourth-order valence-electron chi connectivity index (χ4n) is 2.51. The lowest BCUT2D eigenvalue weighted by atomic mass is 9.79. The summed E-state index contributed by atoms with van der Waals surface area (Å²) in [6.07, 6.45) is -0.639. The van der Waals surface area contributed by atoms with Crippen LogP contribution < -0.4 is 5.46 Å². The van der Waals surface area contributed by atoms with Gasteiger partial charge in [0.05, 0.1) is 13.2 Å². The number of hydrogen-bond donors (Lipinski definition) is 2. The molecule has 1 saturated heterocycles. The second-order valence-corrected chi connectivity index (χ2v) is 5.26. The molecule has 22 heavy (non-hydrogen) atoms. The highest BCUT2D eigenvalue weighted by molar-refractivity contribution is 6.58. The minimum atomic E-state index is -1.83. The number of rotatable bonds is 3. The van der Waals surface area contributed by atoms with Gasteiger partial charge in [-0.2, -0.15) is 0 Å². The van der Waals surface area contributed by atoms with Crippen LogP contribution in [-0.2, 0) is 9.47 Å². The van der Waals surface area contributed by atoms with Crippen LogP contribution >= 0.6 is 0 Å². The molecule has 3 rings (SSSR count). The molecule has 0 aromatic heterocycles. The van der Waals surface area contributed by atoms with Gasteiger partial charge in [-0.15, -0.1) is 0 Å². The second kappa shape index (κ2) is 6.58. The van der Waals surface area contributed by atoms with Crippen LogP contribution in [0.5, 0.6) is 0 Å². The molecule has 0 aliphatic carbocycles. The van der Waals surface area contributed by atoms with Gasteiger partial charge in [-0.1, -0.05) is 42.5 Å². The van der Waals surface area contributed by atoms with Crippen molar-refractivity contribution in [1.82, 2.24) is 0 Å². The van der Waals surface area contributed by atoms with Gasteiger partial charge < -0.3 is 19.5 Å². The SMILES string of the molecule is OB(O)c1ccc(C2OCC(c3ccccc3)CO2)cc1F. The fourth-order valence-corrected chi connectivity index (χ4v) is 2.51. The van der Waals surface area contributed by atoms with Crippen molar-refractivity contribution in [3.05, 3.63) is 65.5 Å². The molecule has 0 amide bonds. The van der Waals surface area contributed by atoms with Crippen molar-refractivity contribution in [3.8, 4) is 0 Å². The standard InChI is InChI=1S/C16H16BFO4/c18-15-8-12(6-7-14(15)17(19)20)16-21-9-13(10-22-16)11-4-2-1-3-5-11/h1-8,13,16,19-20H,9-10H2. The average molecular weight is 302 g/mol. The molecule has 0 unspecified atom stereocenters. The molecule has 114 valence electrons. The largest absolute Gasteiger partial charge is 0.491 e. The first kappa shape index (κ1) is 15.2. The van der Waals surface area contributed by atoms with Gasteiger partial charge in [0.25, 0.3) is 0 Å². The maximum atomic E-state index is 13.8. The minimum absolute atomic E-state index is 0.154. The molecular weight excluding hydrogens is 286 g/mol. The fraction of sp³-hybridized carbons (Fsp3) is 0.250. The summed E-state index contributed by atoms with van der Waals surface area (Å²) in [5.74, 6) is -0.536. The van der Waals surface area contributed by atoms with E-state index in [4.69, 9.17) is 19.5 Å². The second-order valence-electron chi connectivity index (χ2n) is 5.26. The predicted octanol–water partition coefficient (Wildman–Crippen LogP) is 1.33. The summed E-state index contributed by atoms with van der Waals surface area (Å²) < 4.78 is 25.1. The molecule has 6 heteroatoms. The molecule has 0 radical (unpaired) electrons. The molecule has 0 atom stereocenters. The average Bonchev–Trinajstić information content (AvgIpc) is 2.55. The molecule has 2 aromatic carbocycles. The smallest absolute Gasteiger partial charge is 0.423 e. The third-order valence-electron chi connectivity index (χ3n) is 3.74. The van der Waals surface area contributed by atoms with Crippen molar-refractivity contribution in [1.29, 1.82) is 0 Å². The summed E-state index contributed by atoms with van der Waals surface area (Å²) in [5, 5.41) is 18.0. The van der Waals surface area contributed by atoms with Gasteiger partial charge in [0.15, 0.2) is 6.29 Å². The van der Waals surface area contributed by atoms with Crippen LogP contribution in [-0.4, -0.2) is 30.4 Å². The van der Waals surface area contributed by atoms with E-state index in [-0.39, 0.29) is 11.4 Å². The molecule has 0 spiro atoms. The van der Waals surface area contributed by atoms with Crippen LogP contribution in [0.15, 0.2) is 48.5 Å². The van der Waals surface area contributed by atoms with Crippen LogP contribution in [0.2, 0.25) is 0 Å². The molecule has 0 saturated carbocycles. The molecule has 4 nitrogen and oxygen atoms in total. The summed E-state index contributed by atoms with van der Waals surface area (Å²) >= 11 is 0. The summed E-state index contributed by atoms with van der Waals surface area (Å²) in [5.41, 5.74) is 1.50. The number of hydrogen-bond acceptors (Lipinski definition) is 4. The third kappa shape index (κ3) is 3.20. The normalized spacial score (nSPS) is 21.6. The Balaban J connectivity index is 1.68. The van der Waals surface area contributed by atoms with Crippen molar-refractivity contribution >= 4 is 12.6 Å². The van der Waals surface area contributed by atoms with Gasteiger partial charge >= 0.3 is 7.12 Å². The van der Waals surface area contributed by atoms with Crippen molar-refractivity contribution < 1.29 is 23.9 Å². The van der Waals surface area contributed by atoms with Crippen molar-refractivity contribution in [2.45, 2.75) is 12.2 Å². The van der Waals surface area contributed by atoms with Crippen LogP contribution in [0.3, 0.4) is 0 Å². The van der Waals surface area contributed by atoms with Gasteiger partial charge in [0.2, 0.25) is 0 Å². The quantitative estimate of drug-likeness (QED) is 0.840. The van der Waals surface area contributed by atoms with Crippen LogP contribution in [0, 0.1) is 5.82 Å². The Labute approximate surface area is 128 Å². The minimum Gasteiger partial charge on any atom is -0.423 e. The lowest BCUT2D eigenvalue weighted by Crippen LogP contribution is -2.33. The van der Waals surface area contributed by atoms with Crippen LogP contribution in [0.1, 0.15) is 23.3 Å². The van der Waals surface area contributed by atoms with Gasteiger partial charge in [-0.25, -0.2) is 4.39 Å². The van der Waals surface area contributed by atoms with Crippen molar-refractivity contribution in [3.63, 3.8) is 0 Å². The lowest BCUT2D eigenvalue weighted by Gasteiger charge is -2.30. The predicted molar refractivity (Wildman–Crippen MR) is 80.1 cm³/mol. The molecule has 2 aromatic rings. The van der Waals surface area contributed by atoms with Crippen molar-refractivity contribution in [2.24, 2.45) is 0 Å². The summed E-state index contributed by atoms with van der Waals surface area (Å²) in [6, 6.07) is 14.0. The Kier molecular flexibility index (Phi) is 4.54. The van der Waals surface area contributed by atoms with Gasteiger partial charge in [0.1, 0.15) is 5.82 Å². The molecule has 1 aliphatic rings. The van der Waals surface area contributed by atoms with E-state index in [1.165, 1.54) is 12.1 Å². The highest BCUT2D eigenvalue weighted by Crippen LogP contribution is 2.29. The third-order valence-corrected chi connectivity index (χ3v) is 3.74.